The van der Waals surface area contributed by atoms with Crippen LogP contribution in [0.5, 0.6) is 0 Å². The van der Waals surface area contributed by atoms with Crippen molar-refractivity contribution in [2.24, 2.45) is 5.92 Å². The molecule has 0 N–H and O–H groups in total. The molecule has 0 unspecified atom stereocenters. The molecule has 2 aliphatic heterocycles. The smallest absolute Gasteiger partial charge is 0.146 e. The van der Waals surface area contributed by atoms with Gasteiger partial charge in [0.2, 0.25) is 0 Å². The van der Waals surface area contributed by atoms with Crippen molar-refractivity contribution in [2.45, 2.75) is 45.1 Å². The summed E-state index contributed by atoms with van der Waals surface area (Å²) in [5, 5.41) is 0. The van der Waals surface area contributed by atoms with E-state index >= 15 is 0 Å². The van der Waals surface area contributed by atoms with Gasteiger partial charge in [-0.2, -0.15) is 0 Å². The standard InChI is InChI=1S/C15H20FN/c1-15(2,3)11-4-5-14(13(16)8-11)17-9-10-6-12(17)7-10/h4-5,8,10,12H,6-7,9H2,1-3H3. The van der Waals surface area contributed by atoms with E-state index in [0.29, 0.717) is 6.04 Å². The number of fused-ring (bicyclic) bond motifs is 1. The van der Waals surface area contributed by atoms with Crippen molar-refractivity contribution in [3.05, 3.63) is 29.6 Å². The topological polar surface area (TPSA) is 3.24 Å². The van der Waals surface area contributed by atoms with Crippen LogP contribution in [-0.2, 0) is 5.41 Å². The lowest BCUT2D eigenvalue weighted by Gasteiger charge is -2.28. The van der Waals surface area contributed by atoms with Crippen molar-refractivity contribution in [1.29, 1.82) is 0 Å². The molecule has 0 aromatic heterocycles. The van der Waals surface area contributed by atoms with Gasteiger partial charge in [-0.05, 0) is 41.9 Å². The van der Waals surface area contributed by atoms with Gasteiger partial charge in [0.05, 0.1) is 5.69 Å². The molecule has 0 atom stereocenters. The molecule has 0 radical (unpaired) electrons. The second kappa shape index (κ2) is 3.47. The zero-order valence-corrected chi connectivity index (χ0v) is 10.8. The van der Waals surface area contributed by atoms with Crippen LogP contribution in [0, 0.1) is 11.7 Å². The fourth-order valence-corrected chi connectivity index (χ4v) is 3.03. The maximum atomic E-state index is 14.2. The van der Waals surface area contributed by atoms with Crippen molar-refractivity contribution in [2.75, 3.05) is 11.4 Å². The summed E-state index contributed by atoms with van der Waals surface area (Å²) in [6.07, 6.45) is 2.53. The molecule has 2 heteroatoms. The number of hydrogen-bond donors (Lipinski definition) is 0. The van der Waals surface area contributed by atoms with Gasteiger partial charge in [-0.1, -0.05) is 26.8 Å². The third kappa shape index (κ3) is 1.74. The highest BCUT2D eigenvalue weighted by molar-refractivity contribution is 5.53. The van der Waals surface area contributed by atoms with Crippen LogP contribution < -0.4 is 4.90 Å². The van der Waals surface area contributed by atoms with E-state index in [1.165, 1.54) is 12.8 Å². The average Bonchev–Trinajstić information content (AvgIpc) is 2.73. The van der Waals surface area contributed by atoms with Crippen molar-refractivity contribution in [1.82, 2.24) is 0 Å². The Hall–Kier alpha value is -1.05. The van der Waals surface area contributed by atoms with E-state index in [1.807, 2.05) is 6.07 Å². The molecular weight excluding hydrogens is 213 g/mol. The fraction of sp³-hybridized carbons (Fsp3) is 0.600. The lowest BCUT2D eigenvalue weighted by atomic mass is 9.86. The van der Waals surface area contributed by atoms with Gasteiger partial charge in [0.1, 0.15) is 5.82 Å². The predicted octanol–water partition coefficient (Wildman–Crippen LogP) is 3.72. The molecule has 1 aromatic carbocycles. The second-order valence-electron chi connectivity index (χ2n) is 6.56. The van der Waals surface area contributed by atoms with Crippen LogP contribution in [0.1, 0.15) is 39.2 Å². The van der Waals surface area contributed by atoms with Crippen molar-refractivity contribution >= 4 is 5.69 Å². The van der Waals surface area contributed by atoms with Crippen LogP contribution in [0.4, 0.5) is 10.1 Å². The summed E-state index contributed by atoms with van der Waals surface area (Å²) >= 11 is 0. The zero-order valence-electron chi connectivity index (χ0n) is 10.8. The molecule has 0 amide bonds. The second-order valence-corrected chi connectivity index (χ2v) is 6.56. The van der Waals surface area contributed by atoms with Crippen molar-refractivity contribution < 1.29 is 4.39 Å². The zero-order chi connectivity index (χ0) is 12.2. The Labute approximate surface area is 103 Å². The lowest BCUT2D eigenvalue weighted by molar-refractivity contribution is 0.380. The minimum absolute atomic E-state index is 0.0203. The molecule has 2 bridgehead atoms. The molecule has 4 rings (SSSR count). The average molecular weight is 233 g/mol. The number of anilines is 1. The highest BCUT2D eigenvalue weighted by atomic mass is 19.1. The summed E-state index contributed by atoms with van der Waals surface area (Å²) in [7, 11) is 0. The van der Waals surface area contributed by atoms with E-state index < -0.39 is 0 Å². The van der Waals surface area contributed by atoms with Gasteiger partial charge in [-0.25, -0.2) is 4.39 Å². The normalized spacial score (nSPS) is 27.2. The molecule has 1 aromatic rings. The van der Waals surface area contributed by atoms with Crippen LogP contribution in [0.15, 0.2) is 18.2 Å². The number of hydrogen-bond acceptors (Lipinski definition) is 1. The first kappa shape index (κ1) is 11.1. The van der Waals surface area contributed by atoms with Gasteiger partial charge in [0.15, 0.2) is 0 Å². The van der Waals surface area contributed by atoms with E-state index in [-0.39, 0.29) is 11.2 Å². The summed E-state index contributed by atoms with van der Waals surface area (Å²) in [6, 6.07) is 6.37. The number of rotatable bonds is 1. The highest BCUT2D eigenvalue weighted by Gasteiger charge is 2.43. The summed E-state index contributed by atoms with van der Waals surface area (Å²) < 4.78 is 14.2. The van der Waals surface area contributed by atoms with Crippen LogP contribution in [-0.4, -0.2) is 12.6 Å². The van der Waals surface area contributed by atoms with E-state index in [1.54, 1.807) is 6.07 Å². The fourth-order valence-electron chi connectivity index (χ4n) is 3.03. The first-order valence-electron chi connectivity index (χ1n) is 6.52. The third-order valence-corrected chi connectivity index (χ3v) is 4.23. The first-order chi connectivity index (χ1) is 7.95. The van der Waals surface area contributed by atoms with Crippen molar-refractivity contribution in [3.63, 3.8) is 0 Å². The van der Waals surface area contributed by atoms with E-state index in [9.17, 15) is 4.39 Å². The minimum Gasteiger partial charge on any atom is -0.366 e. The van der Waals surface area contributed by atoms with Gasteiger partial charge in [-0.3, -0.25) is 0 Å². The van der Waals surface area contributed by atoms with Crippen molar-refractivity contribution in [3.8, 4) is 0 Å². The maximum Gasteiger partial charge on any atom is 0.146 e. The number of nitrogens with zero attached hydrogens (tertiary/aromatic N) is 1. The first-order valence-corrected chi connectivity index (χ1v) is 6.52. The summed E-state index contributed by atoms with van der Waals surface area (Å²) in [6.45, 7) is 7.41. The molecule has 1 aliphatic carbocycles. The summed E-state index contributed by atoms with van der Waals surface area (Å²) in [4.78, 5) is 2.26. The van der Waals surface area contributed by atoms with Crippen LogP contribution in [0.25, 0.3) is 0 Å². The van der Waals surface area contributed by atoms with E-state index in [4.69, 9.17) is 0 Å². The van der Waals surface area contributed by atoms with E-state index in [2.05, 4.69) is 31.7 Å². The summed E-state index contributed by atoms with van der Waals surface area (Å²) in [5.74, 6) is 0.770. The largest absolute Gasteiger partial charge is 0.366 e. The molecule has 3 aliphatic rings. The third-order valence-electron chi connectivity index (χ3n) is 4.23. The molecule has 0 spiro atoms. The summed E-state index contributed by atoms with van der Waals surface area (Å²) in [5.41, 5.74) is 1.90. The molecule has 3 fully saturated rings. The van der Waals surface area contributed by atoms with Gasteiger partial charge < -0.3 is 4.90 Å². The minimum atomic E-state index is -0.0509. The Kier molecular flexibility index (Phi) is 2.26. The van der Waals surface area contributed by atoms with Crippen LogP contribution in [0.2, 0.25) is 0 Å². The molecule has 1 nitrogen and oxygen atoms in total. The Morgan fingerprint density at radius 2 is 1.94 bits per heavy atom. The van der Waals surface area contributed by atoms with Gasteiger partial charge in [-0.15, -0.1) is 0 Å². The lowest BCUT2D eigenvalue weighted by Crippen LogP contribution is -2.29. The maximum absolute atomic E-state index is 14.2. The Morgan fingerprint density at radius 1 is 1.24 bits per heavy atom. The van der Waals surface area contributed by atoms with Crippen LogP contribution in [0.3, 0.4) is 0 Å². The molecular formula is C15H20FN. The monoisotopic (exact) mass is 233 g/mol. The molecule has 17 heavy (non-hydrogen) atoms. The molecule has 2 heterocycles. The van der Waals surface area contributed by atoms with Gasteiger partial charge in [0, 0.05) is 12.6 Å². The molecule has 1 saturated carbocycles. The van der Waals surface area contributed by atoms with Gasteiger partial charge >= 0.3 is 0 Å². The molecule has 2 saturated heterocycles. The van der Waals surface area contributed by atoms with Crippen LogP contribution >= 0.6 is 0 Å². The Bertz CT molecular complexity index is 441. The molecule has 92 valence electrons. The Morgan fingerprint density at radius 3 is 2.41 bits per heavy atom. The SMILES string of the molecule is CC(C)(C)c1ccc(N2CC3CC2C3)c(F)c1. The number of halogens is 1. The highest BCUT2D eigenvalue weighted by Crippen LogP contribution is 2.44. The number of benzene rings is 1. The Balaban J connectivity index is 1.92. The van der Waals surface area contributed by atoms with Gasteiger partial charge in [0.25, 0.3) is 0 Å². The quantitative estimate of drug-likeness (QED) is 0.714. The predicted molar refractivity (Wildman–Crippen MR) is 69.0 cm³/mol. The van der Waals surface area contributed by atoms with E-state index in [0.717, 1.165) is 23.7 Å².